The Morgan fingerprint density at radius 3 is 1.56 bits per heavy atom. The summed E-state index contributed by atoms with van der Waals surface area (Å²) in [6.07, 6.45) is 0. The van der Waals surface area contributed by atoms with E-state index in [1.54, 1.807) is 0 Å². The first-order valence-electron chi connectivity index (χ1n) is 23.0. The van der Waals surface area contributed by atoms with Crippen molar-refractivity contribution in [2.45, 2.75) is 24.7 Å². The van der Waals surface area contributed by atoms with E-state index in [-0.39, 0.29) is 5.41 Å². The van der Waals surface area contributed by atoms with Crippen molar-refractivity contribution < 1.29 is 0 Å². The molecule has 0 spiro atoms. The van der Waals surface area contributed by atoms with Gasteiger partial charge < -0.3 is 0 Å². The largest absolute Gasteiger partial charge is 0.228 e. The third-order valence-electron chi connectivity index (χ3n) is 14.6. The van der Waals surface area contributed by atoms with Gasteiger partial charge in [-0.15, -0.1) is 0 Å². The lowest BCUT2D eigenvalue weighted by Gasteiger charge is -2.34. The summed E-state index contributed by atoms with van der Waals surface area (Å²) in [6.45, 7) is 4.72. The van der Waals surface area contributed by atoms with Crippen molar-refractivity contribution in [2.75, 3.05) is 0 Å². The molecule has 2 aliphatic rings. The van der Waals surface area contributed by atoms with Crippen LogP contribution in [0, 0.1) is 0 Å². The molecule has 2 heteroatoms. The molecule has 0 aliphatic heterocycles. The fourth-order valence-corrected chi connectivity index (χ4v) is 11.4. The summed E-state index contributed by atoms with van der Waals surface area (Å²) in [7, 11) is 0. The summed E-state index contributed by atoms with van der Waals surface area (Å²) < 4.78 is 0. The SMILES string of the molecule is CC1(C)c2ccc(-c3ccc(-c4nc(-c5ccccc5)cc(-c5ccc6c(c5)C(c5ccccc5)(c5ccccc5)c5ccccc5-6)n4)c4ccccc34)cc2-c2cc3ccccc3cc21. The molecule has 0 fully saturated rings. The molecule has 0 atom stereocenters. The van der Waals surface area contributed by atoms with Gasteiger partial charge in [-0.2, -0.15) is 0 Å². The minimum atomic E-state index is -0.516. The lowest BCUT2D eigenvalue weighted by molar-refractivity contribution is 0.661. The van der Waals surface area contributed by atoms with Crippen LogP contribution < -0.4 is 0 Å². The van der Waals surface area contributed by atoms with Crippen LogP contribution in [0.3, 0.4) is 0 Å². The highest BCUT2D eigenvalue weighted by atomic mass is 14.9. The van der Waals surface area contributed by atoms with Gasteiger partial charge in [0.05, 0.1) is 16.8 Å². The van der Waals surface area contributed by atoms with E-state index in [9.17, 15) is 0 Å². The molecule has 0 unspecified atom stereocenters. The quantitative estimate of drug-likeness (QED) is 0.167. The number of rotatable bonds is 6. The van der Waals surface area contributed by atoms with Crippen molar-refractivity contribution >= 4 is 21.5 Å². The average molecular weight is 841 g/mol. The molecule has 2 nitrogen and oxygen atoms in total. The first kappa shape index (κ1) is 38.3. The maximum Gasteiger partial charge on any atom is 0.161 e. The Bertz CT molecular complexity index is 3680. The smallest absolute Gasteiger partial charge is 0.161 e. The number of aromatic nitrogens is 2. The van der Waals surface area contributed by atoms with E-state index in [0.29, 0.717) is 5.82 Å². The van der Waals surface area contributed by atoms with Crippen LogP contribution in [0.4, 0.5) is 0 Å². The third kappa shape index (κ3) is 5.68. The van der Waals surface area contributed by atoms with Crippen molar-refractivity contribution in [1.29, 1.82) is 0 Å². The van der Waals surface area contributed by atoms with Crippen molar-refractivity contribution in [3.8, 4) is 67.3 Å². The van der Waals surface area contributed by atoms with Gasteiger partial charge in [-0.25, -0.2) is 9.97 Å². The molecule has 1 aromatic heterocycles. The third-order valence-corrected chi connectivity index (χ3v) is 14.6. The van der Waals surface area contributed by atoms with Crippen molar-refractivity contribution in [2.24, 2.45) is 0 Å². The summed E-state index contributed by atoms with van der Waals surface area (Å²) in [5.41, 5.74) is 19.6. The topological polar surface area (TPSA) is 25.8 Å². The van der Waals surface area contributed by atoms with Gasteiger partial charge in [0.2, 0.25) is 0 Å². The monoisotopic (exact) mass is 840 g/mol. The number of fused-ring (bicyclic) bond motifs is 8. The highest BCUT2D eigenvalue weighted by Crippen LogP contribution is 2.57. The van der Waals surface area contributed by atoms with Crippen LogP contribution in [0.25, 0.3) is 88.8 Å². The lowest BCUT2D eigenvalue weighted by atomic mass is 9.67. The molecule has 13 rings (SSSR count). The summed E-state index contributed by atoms with van der Waals surface area (Å²) in [5.74, 6) is 0.701. The molecule has 10 aromatic carbocycles. The molecule has 11 aromatic rings. The predicted molar refractivity (Wildman–Crippen MR) is 274 cm³/mol. The Hall–Kier alpha value is -8.20. The Kier molecular flexibility index (Phi) is 8.51. The van der Waals surface area contributed by atoms with Gasteiger partial charge in [-0.05, 0) is 125 Å². The highest BCUT2D eigenvalue weighted by Gasteiger charge is 2.46. The van der Waals surface area contributed by atoms with Crippen LogP contribution in [-0.2, 0) is 10.8 Å². The summed E-state index contributed by atoms with van der Waals surface area (Å²) in [5, 5.41) is 4.85. The van der Waals surface area contributed by atoms with Crippen LogP contribution in [0.2, 0.25) is 0 Å². The number of nitrogens with zero attached hydrogens (tertiary/aromatic N) is 2. The second-order valence-corrected chi connectivity index (χ2v) is 18.5. The maximum absolute atomic E-state index is 5.52. The van der Waals surface area contributed by atoms with Crippen LogP contribution in [-0.4, -0.2) is 9.97 Å². The van der Waals surface area contributed by atoms with E-state index in [1.165, 1.54) is 82.9 Å². The van der Waals surface area contributed by atoms with Gasteiger partial charge in [0.15, 0.2) is 5.82 Å². The Balaban J connectivity index is 0.988. The molecule has 1 heterocycles. The molecule has 2 aliphatic carbocycles. The average Bonchev–Trinajstić information content (AvgIpc) is 3.80. The van der Waals surface area contributed by atoms with E-state index >= 15 is 0 Å². The standard InChI is InChI=1S/C64H44N2/c1-63(2)56-35-31-44(37-54(56)55-36-42-20-12-13-21-43(42)38-58(55)63)48-33-34-53(50-27-15-14-26-49(48)50)62-65-60(41-18-6-3-7-19-41)40-61(66-62)45-30-32-52-51-28-16-17-29-57(51)64(59(52)39-45,46-22-8-4-9-23-46)47-24-10-5-11-25-47/h3-40H,1-2H3. The molecule has 0 saturated heterocycles. The molecular formula is C64H44N2. The van der Waals surface area contributed by atoms with Crippen LogP contribution in [0.1, 0.15) is 47.2 Å². The Labute approximate surface area is 385 Å². The van der Waals surface area contributed by atoms with Crippen LogP contribution in [0.15, 0.2) is 231 Å². The minimum Gasteiger partial charge on any atom is -0.228 e. The van der Waals surface area contributed by atoms with E-state index in [4.69, 9.17) is 9.97 Å². The molecular weight excluding hydrogens is 797 g/mol. The predicted octanol–water partition coefficient (Wildman–Crippen LogP) is 16.1. The normalized spacial score (nSPS) is 13.8. The van der Waals surface area contributed by atoms with Crippen molar-refractivity contribution in [1.82, 2.24) is 9.97 Å². The molecule has 0 bridgehead atoms. The highest BCUT2D eigenvalue weighted by molar-refractivity contribution is 6.05. The van der Waals surface area contributed by atoms with E-state index in [0.717, 1.165) is 33.5 Å². The van der Waals surface area contributed by atoms with Crippen LogP contribution in [0.5, 0.6) is 0 Å². The summed E-state index contributed by atoms with van der Waals surface area (Å²) in [4.78, 5) is 10.9. The first-order chi connectivity index (χ1) is 32.5. The summed E-state index contributed by atoms with van der Waals surface area (Å²) >= 11 is 0. The zero-order valence-electron chi connectivity index (χ0n) is 36.8. The number of hydrogen-bond acceptors (Lipinski definition) is 2. The van der Waals surface area contributed by atoms with Gasteiger partial charge in [0.1, 0.15) is 0 Å². The van der Waals surface area contributed by atoms with Gasteiger partial charge in [-0.3, -0.25) is 0 Å². The van der Waals surface area contributed by atoms with Gasteiger partial charge >= 0.3 is 0 Å². The fraction of sp³-hybridized carbons (Fsp3) is 0.0625. The van der Waals surface area contributed by atoms with E-state index in [1.807, 2.05) is 0 Å². The summed E-state index contributed by atoms with van der Waals surface area (Å²) in [6, 6.07) is 84.4. The molecule has 310 valence electrons. The second-order valence-electron chi connectivity index (χ2n) is 18.5. The molecule has 66 heavy (non-hydrogen) atoms. The van der Waals surface area contributed by atoms with Gasteiger partial charge in [0.25, 0.3) is 0 Å². The minimum absolute atomic E-state index is 0.0919. The Morgan fingerprint density at radius 1 is 0.303 bits per heavy atom. The van der Waals surface area contributed by atoms with Gasteiger partial charge in [-0.1, -0.05) is 208 Å². The zero-order chi connectivity index (χ0) is 44.0. The fourth-order valence-electron chi connectivity index (χ4n) is 11.4. The molecule has 0 radical (unpaired) electrons. The first-order valence-corrected chi connectivity index (χ1v) is 23.0. The zero-order valence-corrected chi connectivity index (χ0v) is 36.8. The molecule has 0 saturated carbocycles. The second kappa shape index (κ2) is 14.7. The van der Waals surface area contributed by atoms with E-state index in [2.05, 4.69) is 244 Å². The molecule has 0 N–H and O–H groups in total. The van der Waals surface area contributed by atoms with Crippen molar-refractivity contribution in [3.63, 3.8) is 0 Å². The van der Waals surface area contributed by atoms with Gasteiger partial charge in [0, 0.05) is 22.1 Å². The Morgan fingerprint density at radius 2 is 0.833 bits per heavy atom. The molecule has 0 amide bonds. The van der Waals surface area contributed by atoms with E-state index < -0.39 is 5.41 Å². The maximum atomic E-state index is 5.52. The van der Waals surface area contributed by atoms with Crippen molar-refractivity contribution in [3.05, 3.63) is 264 Å². The lowest BCUT2D eigenvalue weighted by Crippen LogP contribution is -2.28. The number of benzene rings is 10. The number of hydrogen-bond donors (Lipinski definition) is 0. The van der Waals surface area contributed by atoms with Crippen LogP contribution >= 0.6 is 0 Å².